The van der Waals surface area contributed by atoms with Gasteiger partial charge in [0.1, 0.15) is 5.82 Å². The molecule has 0 unspecified atom stereocenters. The first-order valence-electron chi connectivity index (χ1n) is 7.07. The Morgan fingerprint density at radius 2 is 2.05 bits per heavy atom. The van der Waals surface area contributed by atoms with Crippen LogP contribution >= 0.6 is 0 Å². The van der Waals surface area contributed by atoms with Gasteiger partial charge < -0.3 is 10.3 Å². The molecule has 2 aromatic rings. The fourth-order valence-electron chi connectivity index (χ4n) is 3.05. The molecule has 3 rings (SSSR count). The Morgan fingerprint density at radius 3 is 2.57 bits per heavy atom. The predicted molar refractivity (Wildman–Crippen MR) is 74.8 cm³/mol. The molecule has 1 aliphatic rings. The summed E-state index contributed by atoms with van der Waals surface area (Å²) in [4.78, 5) is 4.41. The first kappa shape index (κ1) is 14.4. The van der Waals surface area contributed by atoms with E-state index in [9.17, 15) is 13.2 Å². The van der Waals surface area contributed by atoms with Gasteiger partial charge >= 0.3 is 6.18 Å². The summed E-state index contributed by atoms with van der Waals surface area (Å²) < 4.78 is 40.2. The number of fused-ring (bicyclic) bond motifs is 1. The standard InChI is InChI=1S/C15H18F3N3/c1-21-12-4-3-10(15(16,17)18)7-11(12)20-13(21)8-14(9-19)5-2-6-14/h3-4,7H,2,5-6,8-9,19H2,1H3. The van der Waals surface area contributed by atoms with E-state index in [0.29, 0.717) is 12.1 Å². The molecular weight excluding hydrogens is 279 g/mol. The Bertz CT molecular complexity index is 663. The van der Waals surface area contributed by atoms with Gasteiger partial charge in [0.2, 0.25) is 0 Å². The summed E-state index contributed by atoms with van der Waals surface area (Å²) in [5.74, 6) is 0.814. The average molecular weight is 297 g/mol. The van der Waals surface area contributed by atoms with Crippen LogP contribution in [0.3, 0.4) is 0 Å². The highest BCUT2D eigenvalue weighted by Gasteiger charge is 2.37. The van der Waals surface area contributed by atoms with E-state index in [1.165, 1.54) is 12.5 Å². The largest absolute Gasteiger partial charge is 0.416 e. The summed E-state index contributed by atoms with van der Waals surface area (Å²) in [6.07, 6.45) is -0.297. The molecule has 6 heteroatoms. The van der Waals surface area contributed by atoms with Crippen LogP contribution in [0.2, 0.25) is 0 Å². The number of alkyl halides is 3. The normalized spacial score (nSPS) is 18.0. The number of rotatable bonds is 3. The van der Waals surface area contributed by atoms with Crippen LogP contribution in [0.15, 0.2) is 18.2 Å². The number of halogens is 3. The Balaban J connectivity index is 1.99. The molecule has 1 saturated carbocycles. The number of imidazole rings is 1. The molecule has 1 heterocycles. The molecule has 1 aliphatic carbocycles. The van der Waals surface area contributed by atoms with Crippen molar-refractivity contribution in [2.75, 3.05) is 6.54 Å². The van der Waals surface area contributed by atoms with Crippen molar-refractivity contribution in [3.63, 3.8) is 0 Å². The van der Waals surface area contributed by atoms with Gasteiger partial charge in [-0.1, -0.05) is 6.42 Å². The maximum Gasteiger partial charge on any atom is 0.416 e. The maximum absolute atomic E-state index is 12.8. The second-order valence-corrected chi connectivity index (χ2v) is 6.02. The molecule has 21 heavy (non-hydrogen) atoms. The van der Waals surface area contributed by atoms with Crippen molar-refractivity contribution in [3.05, 3.63) is 29.6 Å². The molecule has 0 spiro atoms. The van der Waals surface area contributed by atoms with Crippen LogP contribution in [-0.2, 0) is 19.6 Å². The van der Waals surface area contributed by atoms with Gasteiger partial charge in [0, 0.05) is 13.5 Å². The van der Waals surface area contributed by atoms with Crippen LogP contribution in [0.1, 0.15) is 30.7 Å². The third-order valence-electron chi connectivity index (χ3n) is 4.68. The molecule has 0 atom stereocenters. The van der Waals surface area contributed by atoms with Gasteiger partial charge in [0.15, 0.2) is 0 Å². The fraction of sp³-hybridized carbons (Fsp3) is 0.533. The van der Waals surface area contributed by atoms with E-state index in [2.05, 4.69) is 4.98 Å². The van der Waals surface area contributed by atoms with E-state index in [1.807, 2.05) is 11.6 Å². The van der Waals surface area contributed by atoms with E-state index < -0.39 is 11.7 Å². The van der Waals surface area contributed by atoms with Gasteiger partial charge in [-0.05, 0) is 43.0 Å². The van der Waals surface area contributed by atoms with E-state index in [4.69, 9.17) is 5.73 Å². The number of hydrogen-bond acceptors (Lipinski definition) is 2. The monoisotopic (exact) mass is 297 g/mol. The average Bonchev–Trinajstić information content (AvgIpc) is 2.69. The van der Waals surface area contributed by atoms with E-state index in [1.54, 1.807) is 0 Å². The predicted octanol–water partition coefficient (Wildman–Crippen LogP) is 3.26. The van der Waals surface area contributed by atoms with Crippen molar-refractivity contribution >= 4 is 11.0 Å². The molecule has 2 N–H and O–H groups in total. The minimum atomic E-state index is -4.33. The summed E-state index contributed by atoms with van der Waals surface area (Å²) in [6.45, 7) is 0.601. The Labute approximate surface area is 121 Å². The summed E-state index contributed by atoms with van der Waals surface area (Å²) >= 11 is 0. The Hall–Kier alpha value is -1.56. The molecule has 0 saturated heterocycles. The molecule has 0 bridgehead atoms. The molecule has 3 nitrogen and oxygen atoms in total. The third-order valence-corrected chi connectivity index (χ3v) is 4.68. The summed E-state index contributed by atoms with van der Waals surface area (Å²) in [5.41, 5.74) is 6.41. The highest BCUT2D eigenvalue weighted by molar-refractivity contribution is 5.77. The smallest absolute Gasteiger partial charge is 0.331 e. The van der Waals surface area contributed by atoms with Gasteiger partial charge in [-0.2, -0.15) is 13.2 Å². The van der Waals surface area contributed by atoms with Crippen LogP contribution in [-0.4, -0.2) is 16.1 Å². The highest BCUT2D eigenvalue weighted by Crippen LogP contribution is 2.43. The first-order valence-corrected chi connectivity index (χ1v) is 7.07. The van der Waals surface area contributed by atoms with Gasteiger partial charge in [-0.15, -0.1) is 0 Å². The van der Waals surface area contributed by atoms with Crippen molar-refractivity contribution in [1.29, 1.82) is 0 Å². The molecule has 1 aromatic carbocycles. The van der Waals surface area contributed by atoms with Crippen molar-refractivity contribution in [2.24, 2.45) is 18.2 Å². The minimum Gasteiger partial charge on any atom is -0.331 e. The minimum absolute atomic E-state index is 0.0853. The van der Waals surface area contributed by atoms with Crippen molar-refractivity contribution < 1.29 is 13.2 Å². The second-order valence-electron chi connectivity index (χ2n) is 6.02. The van der Waals surface area contributed by atoms with Crippen LogP contribution < -0.4 is 5.73 Å². The molecule has 0 amide bonds. The molecule has 0 radical (unpaired) electrons. The zero-order chi connectivity index (χ0) is 15.3. The van der Waals surface area contributed by atoms with Gasteiger partial charge in [0.05, 0.1) is 16.6 Å². The Morgan fingerprint density at radius 1 is 1.33 bits per heavy atom. The van der Waals surface area contributed by atoms with Crippen LogP contribution in [0.4, 0.5) is 13.2 Å². The van der Waals surface area contributed by atoms with E-state index in [-0.39, 0.29) is 5.41 Å². The zero-order valence-electron chi connectivity index (χ0n) is 11.9. The lowest BCUT2D eigenvalue weighted by molar-refractivity contribution is -0.137. The fourth-order valence-corrected chi connectivity index (χ4v) is 3.05. The van der Waals surface area contributed by atoms with Gasteiger partial charge in [-0.25, -0.2) is 4.98 Å². The van der Waals surface area contributed by atoms with Crippen LogP contribution in [0.5, 0.6) is 0 Å². The number of aromatic nitrogens is 2. The third kappa shape index (κ3) is 2.41. The lowest BCUT2D eigenvalue weighted by Gasteiger charge is -2.40. The van der Waals surface area contributed by atoms with Crippen LogP contribution in [0, 0.1) is 5.41 Å². The SMILES string of the molecule is Cn1c(CC2(CN)CCC2)nc2cc(C(F)(F)F)ccc21. The number of aryl methyl sites for hydroxylation is 1. The Kier molecular flexibility index (Phi) is 3.24. The summed E-state index contributed by atoms with van der Waals surface area (Å²) in [7, 11) is 1.85. The molecule has 0 aliphatic heterocycles. The lowest BCUT2D eigenvalue weighted by Crippen LogP contribution is -2.39. The van der Waals surface area contributed by atoms with Crippen LogP contribution in [0.25, 0.3) is 11.0 Å². The molecule has 114 valence electrons. The van der Waals surface area contributed by atoms with E-state index >= 15 is 0 Å². The number of nitrogens with zero attached hydrogens (tertiary/aromatic N) is 2. The summed E-state index contributed by atoms with van der Waals surface area (Å²) in [5, 5.41) is 0. The van der Waals surface area contributed by atoms with Crippen molar-refractivity contribution in [1.82, 2.24) is 9.55 Å². The lowest BCUT2D eigenvalue weighted by atomic mass is 9.66. The number of benzene rings is 1. The zero-order valence-corrected chi connectivity index (χ0v) is 11.9. The maximum atomic E-state index is 12.8. The first-order chi connectivity index (χ1) is 9.85. The van der Waals surface area contributed by atoms with Gasteiger partial charge in [-0.3, -0.25) is 0 Å². The number of nitrogens with two attached hydrogens (primary N) is 1. The van der Waals surface area contributed by atoms with Gasteiger partial charge in [0.25, 0.3) is 0 Å². The highest BCUT2D eigenvalue weighted by atomic mass is 19.4. The second kappa shape index (κ2) is 4.73. The van der Waals surface area contributed by atoms with Crippen molar-refractivity contribution in [2.45, 2.75) is 31.9 Å². The number of hydrogen-bond donors (Lipinski definition) is 1. The topological polar surface area (TPSA) is 43.8 Å². The van der Waals surface area contributed by atoms with Crippen molar-refractivity contribution in [3.8, 4) is 0 Å². The molecule has 1 fully saturated rings. The molecular formula is C15H18F3N3. The van der Waals surface area contributed by atoms with E-state index in [0.717, 1.165) is 42.7 Å². The molecule has 1 aromatic heterocycles. The quantitative estimate of drug-likeness (QED) is 0.945. The summed E-state index contributed by atoms with van der Waals surface area (Å²) in [6, 6.07) is 3.72.